The molecule has 0 saturated heterocycles. The molecule has 238 valence electrons. The molecule has 3 aliphatic rings. The smallest absolute Gasteiger partial charge is 0.412 e. The van der Waals surface area contributed by atoms with Crippen LogP contribution in [0.5, 0.6) is 11.5 Å². The fourth-order valence-corrected chi connectivity index (χ4v) is 6.80. The maximum absolute atomic E-state index is 14.1. The Morgan fingerprint density at radius 3 is 2.31 bits per heavy atom. The molecule has 7 N–H and O–H groups in total. The summed E-state index contributed by atoms with van der Waals surface area (Å²) in [6.45, 7) is 1.68. The van der Waals surface area contributed by atoms with Crippen LogP contribution in [0.2, 0.25) is 0 Å². The predicted molar refractivity (Wildman–Crippen MR) is 162 cm³/mol. The van der Waals surface area contributed by atoms with Crippen molar-refractivity contribution >= 4 is 29.3 Å². The summed E-state index contributed by atoms with van der Waals surface area (Å²) >= 11 is 0. The van der Waals surface area contributed by atoms with Crippen molar-refractivity contribution in [3.63, 3.8) is 0 Å². The number of ketones is 2. The Hall–Kier alpha value is -4.88. The van der Waals surface area contributed by atoms with Crippen molar-refractivity contribution < 1.29 is 44.3 Å². The Bertz CT molecular complexity index is 1690. The van der Waals surface area contributed by atoms with Gasteiger partial charge in [-0.15, -0.1) is 0 Å². The number of anilines is 1. The molecule has 2 aromatic rings. The Kier molecular flexibility index (Phi) is 7.88. The van der Waals surface area contributed by atoms with Gasteiger partial charge >= 0.3 is 6.09 Å². The van der Waals surface area contributed by atoms with E-state index in [2.05, 4.69) is 5.32 Å². The number of fused-ring (bicyclic) bond motifs is 3. The molecule has 0 spiro atoms. The number of nitrogens with one attached hydrogen (secondary N) is 1. The maximum atomic E-state index is 14.1. The third-order valence-electron chi connectivity index (χ3n) is 8.91. The number of aliphatic hydroxyl groups excluding tert-OH is 2. The SMILES string of the molecule is Cc1ccc(OC(=O)NCc2cc(N(C)C)c3c(c2O)C(=O)C2=C(O)[C@@]4(O)C(=O)C(C(N)=O)=C(O)[C@H](N(C)C)[C@H]4C[C@H]2C3)cc1. The zero-order chi connectivity index (χ0) is 33.1. The number of hydrogen-bond donors (Lipinski definition) is 6. The number of carbonyl (C=O) groups is 4. The van der Waals surface area contributed by atoms with Crippen LogP contribution in [0, 0.1) is 18.8 Å². The van der Waals surface area contributed by atoms with E-state index in [1.165, 1.54) is 4.90 Å². The first-order chi connectivity index (χ1) is 21.1. The largest absolute Gasteiger partial charge is 0.510 e. The molecule has 4 atom stereocenters. The molecule has 13 heteroatoms. The molecule has 0 saturated carbocycles. The van der Waals surface area contributed by atoms with Gasteiger partial charge in [0.2, 0.25) is 5.78 Å². The molecule has 0 aromatic heterocycles. The van der Waals surface area contributed by atoms with Crippen LogP contribution in [0.25, 0.3) is 0 Å². The van der Waals surface area contributed by atoms with Gasteiger partial charge in [0.05, 0.1) is 11.6 Å². The number of Topliss-reactive ketones (excluding diaryl/α,β-unsaturated/α-hetero) is 2. The van der Waals surface area contributed by atoms with Gasteiger partial charge in [0.15, 0.2) is 11.4 Å². The summed E-state index contributed by atoms with van der Waals surface area (Å²) in [6, 6.07) is 7.39. The zero-order valence-corrected chi connectivity index (χ0v) is 25.5. The number of rotatable bonds is 6. The van der Waals surface area contributed by atoms with E-state index in [1.54, 1.807) is 63.4 Å². The molecule has 2 amide bonds. The third kappa shape index (κ3) is 4.97. The van der Waals surface area contributed by atoms with Gasteiger partial charge in [-0.1, -0.05) is 17.7 Å². The standard InChI is InChI=1S/C32H36N4O9/c1-14-6-8-17(9-7-14)45-31(43)34-13-16-12-20(35(2)3)18-10-15-11-19-24(36(4)5)27(39)23(30(33)42)29(41)32(19,44)28(40)21(15)26(38)22(18)25(16)37/h6-9,12,15,19,24,37,39-40,44H,10-11,13H2,1-5H3,(H2,33,42)(H,34,43)/t15-,19-,24-,32-/m1/s1. The van der Waals surface area contributed by atoms with E-state index >= 15 is 0 Å². The number of likely N-dealkylation sites (N-methyl/N-ethyl adjacent to an activating group) is 1. The van der Waals surface area contributed by atoms with Crippen LogP contribution < -0.4 is 20.7 Å². The van der Waals surface area contributed by atoms with E-state index in [1.807, 2.05) is 6.92 Å². The van der Waals surface area contributed by atoms with Crippen molar-refractivity contribution in [1.29, 1.82) is 0 Å². The summed E-state index contributed by atoms with van der Waals surface area (Å²) in [7, 11) is 6.64. The minimum absolute atomic E-state index is 0.0203. The van der Waals surface area contributed by atoms with Crippen molar-refractivity contribution in [1.82, 2.24) is 10.2 Å². The molecule has 5 rings (SSSR count). The number of carbonyl (C=O) groups excluding carboxylic acids is 4. The van der Waals surface area contributed by atoms with Gasteiger partial charge < -0.3 is 41.1 Å². The van der Waals surface area contributed by atoms with Gasteiger partial charge in [0.25, 0.3) is 5.91 Å². The van der Waals surface area contributed by atoms with Crippen LogP contribution >= 0.6 is 0 Å². The van der Waals surface area contributed by atoms with Gasteiger partial charge in [-0.05, 0) is 63.5 Å². The van der Waals surface area contributed by atoms with Crippen LogP contribution in [-0.2, 0) is 22.6 Å². The van der Waals surface area contributed by atoms with E-state index in [0.29, 0.717) is 17.0 Å². The van der Waals surface area contributed by atoms with Gasteiger partial charge in [-0.25, -0.2) is 4.79 Å². The number of nitrogens with zero attached hydrogens (tertiary/aromatic N) is 2. The molecule has 45 heavy (non-hydrogen) atoms. The summed E-state index contributed by atoms with van der Waals surface area (Å²) in [6.07, 6.45) is -0.672. The van der Waals surface area contributed by atoms with E-state index < -0.39 is 69.9 Å². The minimum atomic E-state index is -2.73. The highest BCUT2D eigenvalue weighted by molar-refractivity contribution is 6.25. The molecule has 13 nitrogen and oxygen atoms in total. The highest BCUT2D eigenvalue weighted by atomic mass is 16.6. The van der Waals surface area contributed by atoms with E-state index in [0.717, 1.165) is 5.56 Å². The second-order valence-electron chi connectivity index (χ2n) is 12.2. The number of phenolic OH excluding ortho intramolecular Hbond substituents is 1. The van der Waals surface area contributed by atoms with Crippen molar-refractivity contribution in [3.05, 3.63) is 75.3 Å². The molecule has 3 aliphatic carbocycles. The van der Waals surface area contributed by atoms with Crippen LogP contribution in [0.3, 0.4) is 0 Å². The summed E-state index contributed by atoms with van der Waals surface area (Å²) in [5.41, 5.74) is 3.59. The number of allylic oxidation sites excluding steroid dienone is 1. The minimum Gasteiger partial charge on any atom is -0.510 e. The number of amides is 2. The lowest BCUT2D eigenvalue weighted by Gasteiger charge is -2.50. The van der Waals surface area contributed by atoms with Crippen molar-refractivity contribution in [2.75, 3.05) is 33.1 Å². The van der Waals surface area contributed by atoms with Gasteiger partial charge in [0, 0.05) is 43.4 Å². The van der Waals surface area contributed by atoms with Gasteiger partial charge in [0.1, 0.15) is 28.6 Å². The van der Waals surface area contributed by atoms with Crippen LogP contribution in [0.15, 0.2) is 53.0 Å². The number of aliphatic hydroxyl groups is 3. The zero-order valence-electron chi connectivity index (χ0n) is 25.5. The molecular weight excluding hydrogens is 584 g/mol. The molecule has 0 bridgehead atoms. The first kappa shape index (κ1) is 31.5. The summed E-state index contributed by atoms with van der Waals surface area (Å²) in [4.78, 5) is 55.6. The molecule has 0 radical (unpaired) electrons. The normalized spacial score (nSPS) is 24.2. The number of nitrogens with two attached hydrogens (primary N) is 1. The highest BCUT2D eigenvalue weighted by Crippen LogP contribution is 2.53. The predicted octanol–water partition coefficient (Wildman–Crippen LogP) is 1.78. The Balaban J connectivity index is 1.56. The summed E-state index contributed by atoms with van der Waals surface area (Å²) in [5.74, 6) is -6.94. The van der Waals surface area contributed by atoms with Crippen molar-refractivity contribution in [2.24, 2.45) is 17.6 Å². The average molecular weight is 621 g/mol. The fraction of sp³-hybridized carbons (Fsp3) is 0.375. The number of ether oxygens (including phenoxy) is 1. The fourth-order valence-electron chi connectivity index (χ4n) is 6.80. The molecule has 0 fully saturated rings. The Labute approximate surface area is 259 Å². The lowest BCUT2D eigenvalue weighted by atomic mass is 9.58. The Morgan fingerprint density at radius 1 is 1.09 bits per heavy atom. The van der Waals surface area contributed by atoms with Crippen LogP contribution in [0.1, 0.15) is 33.5 Å². The van der Waals surface area contributed by atoms with Crippen LogP contribution in [0.4, 0.5) is 10.5 Å². The third-order valence-corrected chi connectivity index (χ3v) is 8.91. The number of hydrogen-bond acceptors (Lipinski definition) is 11. The maximum Gasteiger partial charge on any atom is 0.412 e. The topological polar surface area (TPSA) is 203 Å². The average Bonchev–Trinajstić information content (AvgIpc) is 2.95. The Morgan fingerprint density at radius 2 is 1.73 bits per heavy atom. The number of aromatic hydroxyl groups is 1. The lowest BCUT2D eigenvalue weighted by Crippen LogP contribution is -2.63. The summed E-state index contributed by atoms with van der Waals surface area (Å²) < 4.78 is 5.29. The molecule has 0 unspecified atom stereocenters. The molecular formula is C32H36N4O9. The number of benzene rings is 2. The number of phenols is 1. The van der Waals surface area contributed by atoms with E-state index in [9.17, 15) is 39.6 Å². The number of aryl methyl sites for hydroxylation is 1. The first-order valence-electron chi connectivity index (χ1n) is 14.3. The lowest BCUT2D eigenvalue weighted by molar-refractivity contribution is -0.148. The first-order valence-corrected chi connectivity index (χ1v) is 14.3. The van der Waals surface area contributed by atoms with E-state index in [4.69, 9.17) is 10.5 Å². The number of primary amides is 1. The highest BCUT2D eigenvalue weighted by Gasteiger charge is 2.63. The van der Waals surface area contributed by atoms with Crippen LogP contribution in [-0.4, -0.2) is 88.7 Å². The van der Waals surface area contributed by atoms with Crippen molar-refractivity contribution in [3.8, 4) is 11.5 Å². The molecule has 2 aromatic carbocycles. The van der Waals surface area contributed by atoms with Crippen molar-refractivity contribution in [2.45, 2.75) is 38.0 Å². The quantitative estimate of drug-likeness (QED) is 0.257. The second kappa shape index (κ2) is 11.2. The molecule has 0 aliphatic heterocycles. The van der Waals surface area contributed by atoms with E-state index in [-0.39, 0.29) is 36.1 Å². The summed E-state index contributed by atoms with van der Waals surface area (Å²) in [5, 5.41) is 48.2. The van der Waals surface area contributed by atoms with Gasteiger partial charge in [-0.2, -0.15) is 0 Å². The monoisotopic (exact) mass is 620 g/mol. The second-order valence-corrected chi connectivity index (χ2v) is 12.2. The molecule has 0 heterocycles. The van der Waals surface area contributed by atoms with Gasteiger partial charge in [-0.3, -0.25) is 19.3 Å².